The molecule has 1 heterocycles. The number of hydrogen-bond acceptors (Lipinski definition) is 3. The number of piperazine rings is 1. The van der Waals surface area contributed by atoms with Crippen LogP contribution in [-0.4, -0.2) is 54.6 Å². The van der Waals surface area contributed by atoms with Crippen LogP contribution in [0.2, 0.25) is 0 Å². The molecule has 1 fully saturated rings. The molecule has 3 nitrogen and oxygen atoms in total. The van der Waals surface area contributed by atoms with E-state index in [0.717, 1.165) is 13.0 Å². The molecule has 0 aromatic rings. The highest BCUT2D eigenvalue weighted by Gasteiger charge is 2.23. The van der Waals surface area contributed by atoms with Crippen molar-refractivity contribution in [3.63, 3.8) is 0 Å². The van der Waals surface area contributed by atoms with Crippen molar-refractivity contribution in [2.45, 2.75) is 39.2 Å². The van der Waals surface area contributed by atoms with Gasteiger partial charge in [-0.15, -0.1) is 0 Å². The Labute approximate surface area is 94.6 Å². The van der Waals surface area contributed by atoms with Gasteiger partial charge >= 0.3 is 0 Å². The second-order valence-corrected chi connectivity index (χ2v) is 5.13. The SMILES string of the molecule is CCCN1CCN(CC(C)(N)CC)CC1. The third-order valence-electron chi connectivity index (χ3n) is 3.40. The molecule has 90 valence electrons. The molecule has 1 saturated heterocycles. The predicted octanol–water partition coefficient (Wildman–Crippen LogP) is 1.14. The van der Waals surface area contributed by atoms with Crippen molar-refractivity contribution < 1.29 is 0 Å². The molecule has 1 unspecified atom stereocenters. The van der Waals surface area contributed by atoms with E-state index in [1.165, 1.54) is 39.1 Å². The van der Waals surface area contributed by atoms with Crippen molar-refractivity contribution in [2.24, 2.45) is 5.73 Å². The highest BCUT2D eigenvalue weighted by molar-refractivity contribution is 4.83. The topological polar surface area (TPSA) is 32.5 Å². The molecule has 1 aliphatic heterocycles. The van der Waals surface area contributed by atoms with Crippen molar-refractivity contribution in [1.82, 2.24) is 9.80 Å². The number of nitrogens with zero attached hydrogens (tertiary/aromatic N) is 2. The van der Waals surface area contributed by atoms with Gasteiger partial charge in [-0.2, -0.15) is 0 Å². The maximum atomic E-state index is 6.18. The van der Waals surface area contributed by atoms with Crippen molar-refractivity contribution in [1.29, 1.82) is 0 Å². The van der Waals surface area contributed by atoms with E-state index in [1.54, 1.807) is 0 Å². The summed E-state index contributed by atoms with van der Waals surface area (Å²) >= 11 is 0. The maximum absolute atomic E-state index is 6.18. The van der Waals surface area contributed by atoms with E-state index < -0.39 is 0 Å². The Kier molecular flexibility index (Phi) is 5.03. The highest BCUT2D eigenvalue weighted by Crippen LogP contribution is 2.10. The van der Waals surface area contributed by atoms with Crippen LogP contribution in [0.4, 0.5) is 0 Å². The zero-order valence-corrected chi connectivity index (χ0v) is 10.6. The quantitative estimate of drug-likeness (QED) is 0.743. The van der Waals surface area contributed by atoms with Crippen molar-refractivity contribution in [3.05, 3.63) is 0 Å². The van der Waals surface area contributed by atoms with Crippen molar-refractivity contribution >= 4 is 0 Å². The fourth-order valence-corrected chi connectivity index (χ4v) is 2.11. The van der Waals surface area contributed by atoms with Gasteiger partial charge in [0.2, 0.25) is 0 Å². The molecule has 1 rings (SSSR count). The van der Waals surface area contributed by atoms with Crippen LogP contribution >= 0.6 is 0 Å². The summed E-state index contributed by atoms with van der Waals surface area (Å²) in [4.78, 5) is 5.06. The largest absolute Gasteiger partial charge is 0.324 e. The first-order valence-corrected chi connectivity index (χ1v) is 6.31. The van der Waals surface area contributed by atoms with Gasteiger partial charge in [-0.1, -0.05) is 13.8 Å². The number of nitrogens with two attached hydrogens (primary N) is 1. The molecule has 0 spiro atoms. The van der Waals surface area contributed by atoms with Gasteiger partial charge in [-0.3, -0.25) is 4.90 Å². The van der Waals surface area contributed by atoms with E-state index in [0.29, 0.717) is 0 Å². The zero-order valence-electron chi connectivity index (χ0n) is 10.6. The summed E-state index contributed by atoms with van der Waals surface area (Å²) < 4.78 is 0. The van der Waals surface area contributed by atoms with Crippen LogP contribution in [-0.2, 0) is 0 Å². The molecule has 2 N–H and O–H groups in total. The van der Waals surface area contributed by atoms with E-state index in [9.17, 15) is 0 Å². The lowest BCUT2D eigenvalue weighted by Gasteiger charge is -2.38. The summed E-state index contributed by atoms with van der Waals surface area (Å²) in [6.45, 7) is 13.7. The molecule has 3 heteroatoms. The van der Waals surface area contributed by atoms with Gasteiger partial charge in [0.25, 0.3) is 0 Å². The molecule has 0 aromatic carbocycles. The molecule has 0 saturated carbocycles. The van der Waals surface area contributed by atoms with Crippen molar-refractivity contribution in [2.75, 3.05) is 39.3 Å². The number of rotatable bonds is 5. The average molecular weight is 213 g/mol. The van der Waals surface area contributed by atoms with Crippen LogP contribution in [0.1, 0.15) is 33.6 Å². The molecule has 0 aromatic heterocycles. The molecule has 0 amide bonds. The van der Waals surface area contributed by atoms with E-state index in [4.69, 9.17) is 5.73 Å². The Bertz CT molecular complexity index is 172. The Morgan fingerprint density at radius 1 is 1.07 bits per heavy atom. The summed E-state index contributed by atoms with van der Waals surface area (Å²) in [5, 5.41) is 0. The average Bonchev–Trinajstić information content (AvgIpc) is 2.21. The van der Waals surface area contributed by atoms with Crippen LogP contribution in [0.5, 0.6) is 0 Å². The first kappa shape index (κ1) is 12.9. The smallest absolute Gasteiger partial charge is 0.0252 e. The van der Waals surface area contributed by atoms with Gasteiger partial charge in [-0.05, 0) is 26.3 Å². The molecule has 0 bridgehead atoms. The van der Waals surface area contributed by atoms with E-state index in [2.05, 4.69) is 30.6 Å². The van der Waals surface area contributed by atoms with Gasteiger partial charge in [0.05, 0.1) is 0 Å². The lowest BCUT2D eigenvalue weighted by atomic mass is 9.99. The minimum absolute atomic E-state index is 0.00702. The normalized spacial score (nSPS) is 24.0. The molecule has 1 aliphatic rings. The van der Waals surface area contributed by atoms with Crippen molar-refractivity contribution in [3.8, 4) is 0 Å². The summed E-state index contributed by atoms with van der Waals surface area (Å²) in [6, 6.07) is 0. The van der Waals surface area contributed by atoms with Gasteiger partial charge in [0.1, 0.15) is 0 Å². The Morgan fingerprint density at radius 2 is 1.60 bits per heavy atom. The maximum Gasteiger partial charge on any atom is 0.0252 e. The fourth-order valence-electron chi connectivity index (χ4n) is 2.11. The summed E-state index contributed by atoms with van der Waals surface area (Å²) in [5.41, 5.74) is 6.18. The molecule has 1 atom stereocenters. The zero-order chi connectivity index (χ0) is 11.3. The summed E-state index contributed by atoms with van der Waals surface area (Å²) in [6.07, 6.45) is 2.33. The monoisotopic (exact) mass is 213 g/mol. The third kappa shape index (κ3) is 4.49. The molecule has 15 heavy (non-hydrogen) atoms. The van der Waals surface area contributed by atoms with Crippen LogP contribution in [0, 0.1) is 0 Å². The molecular formula is C12H27N3. The first-order chi connectivity index (χ1) is 7.07. The van der Waals surface area contributed by atoms with Gasteiger partial charge in [0.15, 0.2) is 0 Å². The predicted molar refractivity (Wildman–Crippen MR) is 66.1 cm³/mol. The van der Waals surface area contributed by atoms with Crippen LogP contribution in [0.15, 0.2) is 0 Å². The van der Waals surface area contributed by atoms with E-state index >= 15 is 0 Å². The minimum Gasteiger partial charge on any atom is -0.324 e. The highest BCUT2D eigenvalue weighted by atomic mass is 15.3. The first-order valence-electron chi connectivity index (χ1n) is 6.31. The Hall–Kier alpha value is -0.120. The van der Waals surface area contributed by atoms with Crippen LogP contribution < -0.4 is 5.73 Å². The lowest BCUT2D eigenvalue weighted by Crippen LogP contribution is -2.53. The summed E-state index contributed by atoms with van der Waals surface area (Å²) in [5.74, 6) is 0. The molecular weight excluding hydrogens is 186 g/mol. The van der Waals surface area contributed by atoms with Crippen LogP contribution in [0.25, 0.3) is 0 Å². The fraction of sp³-hybridized carbons (Fsp3) is 1.00. The molecule has 0 aliphatic carbocycles. The summed E-state index contributed by atoms with van der Waals surface area (Å²) in [7, 11) is 0. The Morgan fingerprint density at radius 3 is 2.07 bits per heavy atom. The van der Waals surface area contributed by atoms with Gasteiger partial charge in [-0.25, -0.2) is 0 Å². The molecule has 0 radical (unpaired) electrons. The van der Waals surface area contributed by atoms with Gasteiger partial charge in [0, 0.05) is 38.3 Å². The van der Waals surface area contributed by atoms with Crippen LogP contribution in [0.3, 0.4) is 0 Å². The Balaban J connectivity index is 2.25. The second kappa shape index (κ2) is 5.83. The standard InChI is InChI=1S/C12H27N3/c1-4-6-14-7-9-15(10-8-14)11-12(3,13)5-2/h4-11,13H2,1-3H3. The third-order valence-corrected chi connectivity index (χ3v) is 3.40. The van der Waals surface area contributed by atoms with E-state index in [1.807, 2.05) is 0 Å². The van der Waals surface area contributed by atoms with Gasteiger partial charge < -0.3 is 10.6 Å². The number of hydrogen-bond donors (Lipinski definition) is 1. The lowest BCUT2D eigenvalue weighted by molar-refractivity contribution is 0.112. The minimum atomic E-state index is -0.00702. The second-order valence-electron chi connectivity index (χ2n) is 5.13. The van der Waals surface area contributed by atoms with E-state index in [-0.39, 0.29) is 5.54 Å².